The Morgan fingerprint density at radius 3 is 2.89 bits per heavy atom. The van der Waals surface area contributed by atoms with E-state index in [-0.39, 0.29) is 18.2 Å². The zero-order valence-electron chi connectivity index (χ0n) is 16.4. The van der Waals surface area contributed by atoms with Crippen LogP contribution in [0.25, 0.3) is 0 Å². The molecule has 0 radical (unpaired) electrons. The zero-order chi connectivity index (χ0) is 18.8. The van der Waals surface area contributed by atoms with Crippen molar-refractivity contribution in [1.82, 2.24) is 4.90 Å². The minimum absolute atomic E-state index is 0.0486. The lowest BCUT2D eigenvalue weighted by Crippen LogP contribution is -2.76. The summed E-state index contributed by atoms with van der Waals surface area (Å²) in [6.45, 7) is 2.06. The molecule has 2 fully saturated rings. The van der Waals surface area contributed by atoms with Gasteiger partial charge in [-0.2, -0.15) is 0 Å². The third-order valence-corrected chi connectivity index (χ3v) is 7.50. The molecule has 2 aliphatic carbocycles. The number of methoxy groups -OCH3 is 2. The molecule has 0 amide bonds. The molecule has 6 nitrogen and oxygen atoms in total. The van der Waals surface area contributed by atoms with Crippen molar-refractivity contribution in [2.24, 2.45) is 0 Å². The Labute approximate surface area is 160 Å². The number of piperidine rings is 1. The largest absolute Gasteiger partial charge is 0.493 e. The van der Waals surface area contributed by atoms with Crippen molar-refractivity contribution in [3.8, 4) is 11.5 Å². The summed E-state index contributed by atoms with van der Waals surface area (Å²) >= 11 is 0. The highest BCUT2D eigenvalue weighted by atomic mass is 16.6. The van der Waals surface area contributed by atoms with Crippen molar-refractivity contribution >= 4 is 0 Å². The van der Waals surface area contributed by atoms with Gasteiger partial charge in [-0.05, 0) is 50.9 Å². The van der Waals surface area contributed by atoms with Gasteiger partial charge in [-0.25, -0.2) is 0 Å². The van der Waals surface area contributed by atoms with Crippen LogP contribution in [0.5, 0.6) is 11.5 Å². The quantitative estimate of drug-likeness (QED) is 0.788. The molecule has 1 saturated heterocycles. The Kier molecular flexibility index (Phi) is 3.99. The van der Waals surface area contributed by atoms with Crippen molar-refractivity contribution in [3.05, 3.63) is 23.3 Å². The Morgan fingerprint density at radius 2 is 2.11 bits per heavy atom. The van der Waals surface area contributed by atoms with Crippen molar-refractivity contribution < 1.29 is 24.1 Å². The van der Waals surface area contributed by atoms with E-state index in [1.165, 1.54) is 11.1 Å². The molecule has 1 spiro atoms. The summed E-state index contributed by atoms with van der Waals surface area (Å²) in [6, 6.07) is 4.28. The van der Waals surface area contributed by atoms with Crippen molar-refractivity contribution in [1.29, 1.82) is 0 Å². The van der Waals surface area contributed by atoms with Crippen LogP contribution in [0.2, 0.25) is 0 Å². The molecule has 27 heavy (non-hydrogen) atoms. The van der Waals surface area contributed by atoms with Gasteiger partial charge < -0.3 is 29.0 Å². The number of hydrogen-bond donors (Lipinski definition) is 1. The van der Waals surface area contributed by atoms with Gasteiger partial charge in [0.1, 0.15) is 6.10 Å². The topological polar surface area (TPSA) is 60.4 Å². The van der Waals surface area contributed by atoms with Crippen LogP contribution in [0.1, 0.15) is 30.4 Å². The Morgan fingerprint density at radius 1 is 1.26 bits per heavy atom. The van der Waals surface area contributed by atoms with Gasteiger partial charge in [0.05, 0.1) is 37.4 Å². The zero-order valence-corrected chi connectivity index (χ0v) is 16.4. The van der Waals surface area contributed by atoms with Gasteiger partial charge in [-0.15, -0.1) is 0 Å². The Hall–Kier alpha value is -1.34. The summed E-state index contributed by atoms with van der Waals surface area (Å²) in [6.07, 6.45) is 3.02. The van der Waals surface area contributed by atoms with Gasteiger partial charge in [0.2, 0.25) is 0 Å². The van der Waals surface area contributed by atoms with E-state index in [0.29, 0.717) is 13.2 Å². The van der Waals surface area contributed by atoms with E-state index in [9.17, 15) is 5.11 Å². The van der Waals surface area contributed by atoms with Crippen LogP contribution in [0, 0.1) is 0 Å². The summed E-state index contributed by atoms with van der Waals surface area (Å²) in [5.74, 6) is 1.58. The first-order valence-corrected chi connectivity index (χ1v) is 9.97. The van der Waals surface area contributed by atoms with Crippen molar-refractivity contribution in [2.45, 2.75) is 54.9 Å². The molecule has 2 bridgehead atoms. The lowest BCUT2D eigenvalue weighted by Gasteiger charge is -2.63. The number of rotatable bonds is 5. The molecule has 2 heterocycles. The van der Waals surface area contributed by atoms with E-state index in [0.717, 1.165) is 43.7 Å². The second-order valence-electron chi connectivity index (χ2n) is 8.46. The number of ether oxygens (including phenoxy) is 4. The molecule has 1 saturated carbocycles. The third kappa shape index (κ3) is 2.10. The SMILES string of the molecule is COCCO[C@H]1CC[C@@]2(O)[C@H]3Cc4ccc(OC)c5c4[C@@]2(CCN3C)[C@H]1O5. The van der Waals surface area contributed by atoms with Gasteiger partial charge in [0, 0.05) is 18.7 Å². The smallest absolute Gasteiger partial charge is 0.166 e. The van der Waals surface area contributed by atoms with Gasteiger partial charge in [0.25, 0.3) is 0 Å². The van der Waals surface area contributed by atoms with E-state index in [1.807, 2.05) is 6.07 Å². The first-order valence-electron chi connectivity index (χ1n) is 9.97. The molecule has 5 atom stereocenters. The number of nitrogens with zero attached hydrogens (tertiary/aromatic N) is 1. The molecule has 4 aliphatic rings. The van der Waals surface area contributed by atoms with Crippen LogP contribution < -0.4 is 9.47 Å². The number of benzene rings is 1. The first-order chi connectivity index (χ1) is 13.1. The number of aliphatic hydroxyl groups is 1. The maximum Gasteiger partial charge on any atom is 0.166 e. The maximum atomic E-state index is 12.1. The highest BCUT2D eigenvalue weighted by Gasteiger charge is 2.72. The predicted octanol–water partition coefficient (Wildman–Crippen LogP) is 1.51. The molecule has 0 unspecified atom stereocenters. The molecule has 5 rings (SSSR count). The van der Waals surface area contributed by atoms with Gasteiger partial charge >= 0.3 is 0 Å². The highest BCUT2D eigenvalue weighted by molar-refractivity contribution is 5.62. The lowest BCUT2D eigenvalue weighted by atomic mass is 9.48. The molecule has 1 aromatic rings. The minimum atomic E-state index is -0.795. The molecular formula is C21H29NO5. The van der Waals surface area contributed by atoms with E-state index in [2.05, 4.69) is 18.0 Å². The van der Waals surface area contributed by atoms with Crippen molar-refractivity contribution in [3.63, 3.8) is 0 Å². The summed E-state index contributed by atoms with van der Waals surface area (Å²) in [5.41, 5.74) is 1.25. The summed E-state index contributed by atoms with van der Waals surface area (Å²) in [7, 11) is 5.50. The second kappa shape index (κ2) is 6.08. The molecule has 0 aromatic heterocycles. The Balaban J connectivity index is 1.66. The number of hydrogen-bond acceptors (Lipinski definition) is 6. The normalized spacial score (nSPS) is 39.0. The van der Waals surface area contributed by atoms with Crippen LogP contribution >= 0.6 is 0 Å². The molecule has 1 aromatic carbocycles. The van der Waals surface area contributed by atoms with Gasteiger partial charge in [-0.1, -0.05) is 6.07 Å². The average molecular weight is 375 g/mol. The van der Waals surface area contributed by atoms with E-state index >= 15 is 0 Å². The summed E-state index contributed by atoms with van der Waals surface area (Å²) in [4.78, 5) is 2.33. The summed E-state index contributed by atoms with van der Waals surface area (Å²) in [5, 5.41) is 12.1. The van der Waals surface area contributed by atoms with Crippen LogP contribution in [0.3, 0.4) is 0 Å². The summed E-state index contributed by atoms with van der Waals surface area (Å²) < 4.78 is 23.6. The molecular weight excluding hydrogens is 346 g/mol. The Bertz CT molecular complexity index is 754. The van der Waals surface area contributed by atoms with E-state index in [4.69, 9.17) is 18.9 Å². The van der Waals surface area contributed by atoms with Crippen molar-refractivity contribution in [2.75, 3.05) is 41.0 Å². The first kappa shape index (κ1) is 17.7. The van der Waals surface area contributed by atoms with Gasteiger partial charge in [-0.3, -0.25) is 0 Å². The number of likely N-dealkylation sites (N-methyl/N-ethyl adjacent to an activating group) is 1. The fourth-order valence-electron chi connectivity index (χ4n) is 6.31. The van der Waals surface area contributed by atoms with E-state index in [1.54, 1.807) is 14.2 Å². The lowest BCUT2D eigenvalue weighted by molar-refractivity contribution is -0.212. The fourth-order valence-corrected chi connectivity index (χ4v) is 6.31. The van der Waals surface area contributed by atoms with Crippen LogP contribution in [0.4, 0.5) is 0 Å². The van der Waals surface area contributed by atoms with Crippen LogP contribution in [0.15, 0.2) is 12.1 Å². The third-order valence-electron chi connectivity index (χ3n) is 7.50. The van der Waals surface area contributed by atoms with Crippen LogP contribution in [-0.2, 0) is 21.3 Å². The molecule has 6 heteroatoms. The standard InChI is InChI=1S/C21H29NO5/c1-22-9-8-20-17-13-4-5-14(25-3)18(17)27-19(20)15(26-11-10-24-2)6-7-21(20,23)16(22)12-13/h4-5,15-16,19,23H,6-12H2,1-3H3/t15-,16+,19-,20-,21+/m0/s1. The maximum absolute atomic E-state index is 12.1. The minimum Gasteiger partial charge on any atom is -0.493 e. The average Bonchev–Trinajstić information content (AvgIpc) is 3.02. The van der Waals surface area contributed by atoms with Gasteiger partial charge in [0.15, 0.2) is 11.5 Å². The number of likely N-dealkylation sites (tertiary alicyclic amines) is 1. The molecule has 1 N–H and O–H groups in total. The molecule has 148 valence electrons. The molecule has 2 aliphatic heterocycles. The second-order valence-corrected chi connectivity index (χ2v) is 8.46. The monoisotopic (exact) mass is 375 g/mol. The predicted molar refractivity (Wildman–Crippen MR) is 99.6 cm³/mol. The van der Waals surface area contributed by atoms with E-state index < -0.39 is 11.0 Å². The fraction of sp³-hybridized carbons (Fsp3) is 0.714. The van der Waals surface area contributed by atoms with Crippen LogP contribution in [-0.4, -0.2) is 74.9 Å². The highest BCUT2D eigenvalue weighted by Crippen LogP contribution is 2.65.